The monoisotopic (exact) mass is 371 g/mol. The summed E-state index contributed by atoms with van der Waals surface area (Å²) < 4.78 is 0. The second-order valence-corrected chi connectivity index (χ2v) is 7.40. The Bertz CT molecular complexity index is 798. The van der Waals surface area contributed by atoms with E-state index in [0.717, 1.165) is 37.4 Å². The molecule has 4 nitrogen and oxygen atoms in total. The Morgan fingerprint density at radius 2 is 1.77 bits per heavy atom. The number of carbonyl (C=O) groups excluding carboxylic acids is 1. The Balaban J connectivity index is 1.52. The number of aryl methyl sites for hydroxylation is 2. The van der Waals surface area contributed by atoms with Crippen LogP contribution < -0.4 is 10.2 Å². The highest BCUT2D eigenvalue weighted by molar-refractivity contribution is 6.31. The van der Waals surface area contributed by atoms with Gasteiger partial charge in [-0.25, -0.2) is 0 Å². The predicted octanol–water partition coefficient (Wildman–Crippen LogP) is 4.03. The van der Waals surface area contributed by atoms with Crippen molar-refractivity contribution in [2.75, 3.05) is 42.9 Å². The molecule has 1 aliphatic rings. The lowest BCUT2D eigenvalue weighted by atomic mass is 10.1. The highest BCUT2D eigenvalue weighted by atomic mass is 35.5. The van der Waals surface area contributed by atoms with E-state index in [1.807, 2.05) is 19.1 Å². The molecule has 1 heterocycles. The van der Waals surface area contributed by atoms with Crippen molar-refractivity contribution < 1.29 is 4.79 Å². The molecule has 1 aliphatic heterocycles. The van der Waals surface area contributed by atoms with Gasteiger partial charge in [0.15, 0.2) is 0 Å². The first-order valence-corrected chi connectivity index (χ1v) is 9.41. The average molecular weight is 372 g/mol. The number of piperazine rings is 1. The van der Waals surface area contributed by atoms with Crippen molar-refractivity contribution >= 4 is 28.9 Å². The molecule has 2 aromatic carbocycles. The standard InChI is InChI=1S/C21H26ClN3O/c1-15-5-4-6-20(17(15)3)25-11-9-24(10-12-25)14-21(26)23-18-8-7-16(2)19(22)13-18/h4-8,13H,9-12,14H2,1-3H3,(H,23,26). The van der Waals surface area contributed by atoms with E-state index >= 15 is 0 Å². The van der Waals surface area contributed by atoms with E-state index in [1.165, 1.54) is 16.8 Å². The summed E-state index contributed by atoms with van der Waals surface area (Å²) >= 11 is 6.12. The Morgan fingerprint density at radius 3 is 2.46 bits per heavy atom. The van der Waals surface area contributed by atoms with Crippen LogP contribution in [-0.2, 0) is 4.79 Å². The third-order valence-corrected chi connectivity index (χ3v) is 5.52. The fourth-order valence-corrected chi connectivity index (χ4v) is 3.48. The van der Waals surface area contributed by atoms with Crippen LogP contribution in [0.25, 0.3) is 0 Å². The number of amides is 1. The van der Waals surface area contributed by atoms with Gasteiger partial charge in [0.2, 0.25) is 5.91 Å². The van der Waals surface area contributed by atoms with Crippen LogP contribution in [0, 0.1) is 20.8 Å². The molecule has 1 N–H and O–H groups in total. The van der Waals surface area contributed by atoms with E-state index in [9.17, 15) is 4.79 Å². The van der Waals surface area contributed by atoms with Gasteiger partial charge in [0.25, 0.3) is 0 Å². The van der Waals surface area contributed by atoms with Crippen molar-refractivity contribution in [3.63, 3.8) is 0 Å². The van der Waals surface area contributed by atoms with Crippen LogP contribution in [0.2, 0.25) is 5.02 Å². The van der Waals surface area contributed by atoms with Crippen molar-refractivity contribution in [1.82, 2.24) is 4.90 Å². The van der Waals surface area contributed by atoms with E-state index in [4.69, 9.17) is 11.6 Å². The lowest BCUT2D eigenvalue weighted by Crippen LogP contribution is -2.48. The van der Waals surface area contributed by atoms with Crippen LogP contribution in [0.5, 0.6) is 0 Å². The van der Waals surface area contributed by atoms with Gasteiger partial charge in [-0.3, -0.25) is 9.69 Å². The van der Waals surface area contributed by atoms with E-state index in [2.05, 4.69) is 47.2 Å². The van der Waals surface area contributed by atoms with Gasteiger partial charge < -0.3 is 10.2 Å². The van der Waals surface area contributed by atoms with Crippen LogP contribution in [0.15, 0.2) is 36.4 Å². The lowest BCUT2D eigenvalue weighted by molar-refractivity contribution is -0.117. The second-order valence-electron chi connectivity index (χ2n) is 6.99. The largest absolute Gasteiger partial charge is 0.369 e. The number of carbonyl (C=O) groups is 1. The number of hydrogen-bond acceptors (Lipinski definition) is 3. The minimum atomic E-state index is 0.00473. The number of nitrogens with zero attached hydrogens (tertiary/aromatic N) is 2. The first-order valence-electron chi connectivity index (χ1n) is 9.03. The fraction of sp³-hybridized carbons (Fsp3) is 0.381. The van der Waals surface area contributed by atoms with Crippen LogP contribution in [0.4, 0.5) is 11.4 Å². The quantitative estimate of drug-likeness (QED) is 0.881. The molecule has 0 atom stereocenters. The van der Waals surface area contributed by atoms with Crippen LogP contribution in [0.1, 0.15) is 16.7 Å². The zero-order valence-electron chi connectivity index (χ0n) is 15.7. The molecule has 3 rings (SSSR count). The third kappa shape index (κ3) is 4.37. The Kier molecular flexibility index (Phi) is 5.84. The Hall–Kier alpha value is -2.04. The predicted molar refractivity (Wildman–Crippen MR) is 109 cm³/mol. The fourth-order valence-electron chi connectivity index (χ4n) is 3.30. The molecule has 2 aromatic rings. The van der Waals surface area contributed by atoms with E-state index in [1.54, 1.807) is 6.07 Å². The van der Waals surface area contributed by atoms with Gasteiger partial charge in [-0.05, 0) is 55.7 Å². The summed E-state index contributed by atoms with van der Waals surface area (Å²) in [7, 11) is 0. The Labute approximate surface area is 160 Å². The number of rotatable bonds is 4. The molecule has 0 unspecified atom stereocenters. The summed E-state index contributed by atoms with van der Waals surface area (Å²) in [5, 5.41) is 3.61. The summed E-state index contributed by atoms with van der Waals surface area (Å²) in [6.07, 6.45) is 0. The van der Waals surface area contributed by atoms with Crippen LogP contribution >= 0.6 is 11.6 Å². The summed E-state index contributed by atoms with van der Waals surface area (Å²) in [5.74, 6) is 0.00473. The van der Waals surface area contributed by atoms with Gasteiger partial charge in [-0.1, -0.05) is 29.8 Å². The summed E-state index contributed by atoms with van der Waals surface area (Å²) in [5.41, 5.74) is 5.73. The minimum Gasteiger partial charge on any atom is -0.369 e. The molecule has 0 bridgehead atoms. The molecule has 1 fully saturated rings. The maximum atomic E-state index is 12.3. The van der Waals surface area contributed by atoms with Crippen LogP contribution in [0.3, 0.4) is 0 Å². The highest BCUT2D eigenvalue weighted by Crippen LogP contribution is 2.24. The smallest absolute Gasteiger partial charge is 0.238 e. The van der Waals surface area contributed by atoms with Gasteiger partial charge >= 0.3 is 0 Å². The molecular formula is C21H26ClN3O. The van der Waals surface area contributed by atoms with Crippen molar-refractivity contribution in [2.24, 2.45) is 0 Å². The highest BCUT2D eigenvalue weighted by Gasteiger charge is 2.20. The average Bonchev–Trinajstić information content (AvgIpc) is 2.61. The number of nitrogens with one attached hydrogen (secondary N) is 1. The molecule has 0 aromatic heterocycles. The minimum absolute atomic E-state index is 0.00473. The maximum absolute atomic E-state index is 12.3. The van der Waals surface area contributed by atoms with Gasteiger partial charge in [-0.15, -0.1) is 0 Å². The topological polar surface area (TPSA) is 35.6 Å². The zero-order valence-corrected chi connectivity index (χ0v) is 16.4. The number of halogens is 1. The number of benzene rings is 2. The van der Waals surface area contributed by atoms with Gasteiger partial charge in [0.05, 0.1) is 6.54 Å². The molecule has 1 saturated heterocycles. The van der Waals surface area contributed by atoms with Crippen molar-refractivity contribution in [2.45, 2.75) is 20.8 Å². The summed E-state index contributed by atoms with van der Waals surface area (Å²) in [6, 6.07) is 12.1. The SMILES string of the molecule is Cc1ccc(NC(=O)CN2CCN(c3cccc(C)c3C)CC2)cc1Cl. The zero-order chi connectivity index (χ0) is 18.7. The van der Waals surface area contributed by atoms with E-state index in [0.29, 0.717) is 11.6 Å². The van der Waals surface area contributed by atoms with Crippen molar-refractivity contribution in [1.29, 1.82) is 0 Å². The third-order valence-electron chi connectivity index (χ3n) is 5.11. The van der Waals surface area contributed by atoms with Crippen molar-refractivity contribution in [3.05, 3.63) is 58.1 Å². The van der Waals surface area contributed by atoms with Gasteiger partial charge in [0.1, 0.15) is 0 Å². The molecule has 26 heavy (non-hydrogen) atoms. The normalized spacial score (nSPS) is 15.2. The van der Waals surface area contributed by atoms with Crippen LogP contribution in [-0.4, -0.2) is 43.5 Å². The number of anilines is 2. The Morgan fingerprint density at radius 1 is 1.04 bits per heavy atom. The molecule has 0 saturated carbocycles. The van der Waals surface area contributed by atoms with Gasteiger partial charge in [0, 0.05) is 42.6 Å². The first kappa shape index (κ1) is 18.7. The molecule has 0 radical (unpaired) electrons. The van der Waals surface area contributed by atoms with Crippen molar-refractivity contribution in [3.8, 4) is 0 Å². The summed E-state index contributed by atoms with van der Waals surface area (Å²) in [6.45, 7) is 10.3. The van der Waals surface area contributed by atoms with E-state index in [-0.39, 0.29) is 5.91 Å². The second kappa shape index (κ2) is 8.11. The molecule has 0 aliphatic carbocycles. The van der Waals surface area contributed by atoms with E-state index < -0.39 is 0 Å². The molecule has 1 amide bonds. The molecule has 0 spiro atoms. The number of hydrogen-bond donors (Lipinski definition) is 1. The first-order chi connectivity index (χ1) is 12.4. The molecule has 138 valence electrons. The summed E-state index contributed by atoms with van der Waals surface area (Å²) in [4.78, 5) is 16.9. The molecule has 5 heteroatoms. The molecular weight excluding hydrogens is 346 g/mol. The van der Waals surface area contributed by atoms with Gasteiger partial charge in [-0.2, -0.15) is 0 Å². The maximum Gasteiger partial charge on any atom is 0.238 e. The lowest BCUT2D eigenvalue weighted by Gasteiger charge is -2.36.